The first-order valence-electron chi connectivity index (χ1n) is 13.8. The third kappa shape index (κ3) is 6.84. The van der Waals surface area contributed by atoms with Crippen LogP contribution in [0.25, 0.3) is 11.0 Å². The van der Waals surface area contributed by atoms with Gasteiger partial charge in [0.1, 0.15) is 23.1 Å². The van der Waals surface area contributed by atoms with Crippen molar-refractivity contribution in [3.8, 4) is 11.5 Å². The van der Waals surface area contributed by atoms with Crippen LogP contribution in [0, 0.1) is 5.82 Å². The fourth-order valence-corrected chi connectivity index (χ4v) is 4.92. The van der Waals surface area contributed by atoms with E-state index in [4.69, 9.17) is 14.5 Å². The van der Waals surface area contributed by atoms with Gasteiger partial charge in [-0.25, -0.2) is 9.37 Å². The van der Waals surface area contributed by atoms with Crippen molar-refractivity contribution >= 4 is 28.5 Å². The fraction of sp³-hybridized carbons (Fsp3) is 0.387. The number of rotatable bonds is 11. The molecule has 0 saturated carbocycles. The Kier molecular flexibility index (Phi) is 8.72. The lowest BCUT2D eigenvalue weighted by Gasteiger charge is -2.26. The molecule has 1 N–H and O–H groups in total. The lowest BCUT2D eigenvalue weighted by molar-refractivity contribution is -0.118. The molecule has 0 spiro atoms. The molecule has 9 heteroatoms. The smallest absolute Gasteiger partial charge is 0.208 e. The Morgan fingerprint density at radius 3 is 2.70 bits per heavy atom. The van der Waals surface area contributed by atoms with Gasteiger partial charge in [0, 0.05) is 57.0 Å². The average Bonchev–Trinajstić information content (AvgIpc) is 3.24. The average molecular weight is 546 g/mol. The zero-order valence-corrected chi connectivity index (χ0v) is 23.3. The van der Waals surface area contributed by atoms with E-state index in [2.05, 4.69) is 15.2 Å². The highest BCUT2D eigenvalue weighted by Gasteiger charge is 2.14. The maximum absolute atomic E-state index is 14.1. The number of ether oxygens (including phenoxy) is 2. The highest BCUT2D eigenvalue weighted by Crippen LogP contribution is 2.29. The van der Waals surface area contributed by atoms with Gasteiger partial charge in [-0.1, -0.05) is 13.8 Å². The molecule has 3 heterocycles. The number of fused-ring (bicyclic) bond motifs is 1. The van der Waals surface area contributed by atoms with E-state index in [-0.39, 0.29) is 23.9 Å². The molecule has 0 amide bonds. The summed E-state index contributed by atoms with van der Waals surface area (Å²) in [5.74, 6) is 1.94. The van der Waals surface area contributed by atoms with Crippen LogP contribution < -0.4 is 10.1 Å². The lowest BCUT2D eigenvalue weighted by Crippen LogP contribution is -2.37. The Morgan fingerprint density at radius 1 is 1.10 bits per heavy atom. The third-order valence-electron chi connectivity index (χ3n) is 7.16. The monoisotopic (exact) mass is 545 g/mol. The molecule has 210 valence electrons. The number of hydrogen-bond acceptors (Lipinski definition) is 7. The minimum Gasteiger partial charge on any atom is -0.457 e. The number of pyridine rings is 1. The van der Waals surface area contributed by atoms with Crippen molar-refractivity contribution in [1.29, 1.82) is 0 Å². The summed E-state index contributed by atoms with van der Waals surface area (Å²) in [6, 6.07) is 14.3. The predicted molar refractivity (Wildman–Crippen MR) is 154 cm³/mol. The van der Waals surface area contributed by atoms with E-state index in [0.29, 0.717) is 35.1 Å². The molecule has 0 unspecified atom stereocenters. The molecule has 2 aromatic heterocycles. The van der Waals surface area contributed by atoms with Crippen molar-refractivity contribution in [2.24, 2.45) is 7.05 Å². The molecular weight excluding hydrogens is 509 g/mol. The van der Waals surface area contributed by atoms with E-state index in [1.807, 2.05) is 55.8 Å². The maximum atomic E-state index is 14.1. The Balaban J connectivity index is 1.22. The van der Waals surface area contributed by atoms with Gasteiger partial charge in [0.15, 0.2) is 0 Å². The van der Waals surface area contributed by atoms with E-state index in [0.717, 1.165) is 56.0 Å². The summed E-state index contributed by atoms with van der Waals surface area (Å²) in [5.41, 5.74) is 3.82. The van der Waals surface area contributed by atoms with Crippen LogP contribution in [0.15, 0.2) is 54.7 Å². The molecule has 0 bridgehead atoms. The van der Waals surface area contributed by atoms with Crippen molar-refractivity contribution < 1.29 is 18.7 Å². The van der Waals surface area contributed by atoms with Crippen LogP contribution in [0.3, 0.4) is 0 Å². The van der Waals surface area contributed by atoms with Crippen molar-refractivity contribution in [1.82, 2.24) is 19.4 Å². The molecule has 0 aliphatic carbocycles. The van der Waals surface area contributed by atoms with Gasteiger partial charge in [0.05, 0.1) is 29.9 Å². The van der Waals surface area contributed by atoms with Crippen LogP contribution in [0.2, 0.25) is 0 Å². The minimum atomic E-state index is -0.209. The van der Waals surface area contributed by atoms with Gasteiger partial charge in [-0.05, 0) is 60.8 Å². The van der Waals surface area contributed by atoms with Crippen molar-refractivity contribution in [3.05, 3.63) is 71.8 Å². The molecule has 1 aliphatic heterocycles. The molecule has 1 saturated heterocycles. The number of anilines is 2. The number of ketones is 1. The van der Waals surface area contributed by atoms with Crippen LogP contribution in [-0.4, -0.2) is 58.1 Å². The van der Waals surface area contributed by atoms with Crippen molar-refractivity contribution in [2.75, 3.05) is 38.2 Å². The summed E-state index contributed by atoms with van der Waals surface area (Å²) < 4.78 is 27.6. The minimum absolute atomic E-state index is 0.0779. The number of carbonyl (C=O) groups is 1. The van der Waals surface area contributed by atoms with E-state index < -0.39 is 0 Å². The van der Waals surface area contributed by atoms with Crippen LogP contribution in [-0.2, 0) is 23.0 Å². The number of carbonyl (C=O) groups excluding carboxylic acids is 1. The number of imidazole rings is 1. The Hall–Kier alpha value is -3.82. The van der Waals surface area contributed by atoms with Gasteiger partial charge in [0.2, 0.25) is 5.95 Å². The van der Waals surface area contributed by atoms with Gasteiger partial charge in [-0.2, -0.15) is 0 Å². The van der Waals surface area contributed by atoms with Gasteiger partial charge >= 0.3 is 0 Å². The number of aryl methyl sites for hydroxylation is 1. The molecule has 0 atom stereocenters. The molecular formula is C31H36FN5O3. The summed E-state index contributed by atoms with van der Waals surface area (Å²) in [6.45, 7) is 8.26. The number of benzene rings is 2. The van der Waals surface area contributed by atoms with E-state index in [9.17, 15) is 9.18 Å². The summed E-state index contributed by atoms with van der Waals surface area (Å²) in [6.07, 6.45) is 3.33. The van der Waals surface area contributed by atoms with Gasteiger partial charge < -0.3 is 19.4 Å². The van der Waals surface area contributed by atoms with E-state index in [1.54, 1.807) is 18.3 Å². The Labute approximate surface area is 234 Å². The normalized spacial score (nSPS) is 14.1. The highest BCUT2D eigenvalue weighted by atomic mass is 19.1. The van der Waals surface area contributed by atoms with Crippen LogP contribution in [0.4, 0.5) is 16.0 Å². The Morgan fingerprint density at radius 2 is 1.90 bits per heavy atom. The largest absolute Gasteiger partial charge is 0.457 e. The third-order valence-corrected chi connectivity index (χ3v) is 7.16. The molecule has 40 heavy (non-hydrogen) atoms. The standard InChI is InChI=1S/C31H36FN5O3/c1-21(2)27-19-22(6-8-28(27)32)34-31-35-29-20-25(7-9-30(29)36(31)3)40-26-10-11-33-23(18-26)17-24(38)5-4-12-37-13-15-39-16-14-37/h6-11,18-21H,4-5,12-17H2,1-3H3,(H,34,35). The van der Waals surface area contributed by atoms with Crippen molar-refractivity contribution in [3.63, 3.8) is 0 Å². The highest BCUT2D eigenvalue weighted by molar-refractivity contribution is 5.81. The van der Waals surface area contributed by atoms with Crippen LogP contribution >= 0.6 is 0 Å². The maximum Gasteiger partial charge on any atom is 0.208 e. The second-order valence-electron chi connectivity index (χ2n) is 10.5. The first-order chi connectivity index (χ1) is 19.4. The summed E-state index contributed by atoms with van der Waals surface area (Å²) in [5, 5.41) is 3.31. The van der Waals surface area contributed by atoms with Gasteiger partial charge in [-0.3, -0.25) is 14.7 Å². The molecule has 8 nitrogen and oxygen atoms in total. The number of nitrogens with one attached hydrogen (secondary N) is 1. The Bertz CT molecular complexity index is 1480. The molecule has 5 rings (SSSR count). The zero-order valence-electron chi connectivity index (χ0n) is 23.3. The van der Waals surface area contributed by atoms with Crippen LogP contribution in [0.1, 0.15) is 43.9 Å². The topological polar surface area (TPSA) is 81.5 Å². The summed E-state index contributed by atoms with van der Waals surface area (Å²) >= 11 is 0. The second kappa shape index (κ2) is 12.6. The number of nitrogens with zero attached hydrogens (tertiary/aromatic N) is 4. The predicted octanol–water partition coefficient (Wildman–Crippen LogP) is 5.99. The first-order valence-corrected chi connectivity index (χ1v) is 13.8. The second-order valence-corrected chi connectivity index (χ2v) is 10.5. The van der Waals surface area contributed by atoms with E-state index >= 15 is 0 Å². The molecule has 1 fully saturated rings. The molecule has 1 aliphatic rings. The number of morpholine rings is 1. The summed E-state index contributed by atoms with van der Waals surface area (Å²) in [4.78, 5) is 24.0. The SMILES string of the molecule is CC(C)c1cc(Nc2nc3cc(Oc4ccnc(CC(=O)CCCN5CCOCC5)c4)ccc3n2C)ccc1F. The summed E-state index contributed by atoms with van der Waals surface area (Å²) in [7, 11) is 1.93. The number of aromatic nitrogens is 3. The van der Waals surface area contributed by atoms with E-state index in [1.165, 1.54) is 6.07 Å². The van der Waals surface area contributed by atoms with Gasteiger partial charge in [0.25, 0.3) is 0 Å². The molecule has 4 aromatic rings. The quantitative estimate of drug-likeness (QED) is 0.248. The number of hydrogen-bond donors (Lipinski definition) is 1. The van der Waals surface area contributed by atoms with Crippen molar-refractivity contribution in [2.45, 2.75) is 39.0 Å². The number of Topliss-reactive ketones (excluding diaryl/α,β-unsaturated/α-hetero) is 1. The van der Waals surface area contributed by atoms with Gasteiger partial charge in [-0.15, -0.1) is 0 Å². The lowest BCUT2D eigenvalue weighted by atomic mass is 10.0. The zero-order chi connectivity index (χ0) is 28.1. The molecule has 2 aromatic carbocycles. The first kappa shape index (κ1) is 27.7. The number of halogens is 1. The fourth-order valence-electron chi connectivity index (χ4n) is 4.92. The van der Waals surface area contributed by atoms with Crippen LogP contribution in [0.5, 0.6) is 11.5 Å². The molecule has 0 radical (unpaired) electrons.